The van der Waals surface area contributed by atoms with Gasteiger partial charge in [-0.05, 0) is 119 Å². The summed E-state index contributed by atoms with van der Waals surface area (Å²) < 4.78 is 0. The summed E-state index contributed by atoms with van der Waals surface area (Å²) in [7, 11) is 3.00. The van der Waals surface area contributed by atoms with Crippen LogP contribution in [0, 0.1) is 62.3 Å². The zero-order valence-corrected chi connectivity index (χ0v) is 68.7. The zero-order chi connectivity index (χ0) is 60.3. The average molecular weight is 1420 g/mol. The molecular weight excluding hydrogens is 1260 g/mol. The van der Waals surface area contributed by atoms with Crippen LogP contribution < -0.4 is 0 Å². The molecule has 0 amide bonds. The molecule has 0 aromatic carbocycles. The number of unbranched alkanes of at least 4 members (excludes halogenated alkanes) is 3. The third kappa shape index (κ3) is 1610. The standard InChI is InChI=1S/6C4H10O.6C3H8O.3C2H6O.3CH4O.6CH3.6Ti/c3*1-4(2)3-5;3*1-2-3-4-5;3*1-3(2)4;3*1-2-3-4;3*1-2-3;3*1-2;;;;;;;;;;;;/h3*4-5H,3H2,1-2H3;3*5H,2-4H2,1H3;3*3-4H,1-2H3;3*4H,2-3H2,1H3;3*3H,2H2,1H3;3*2H,1H3;6*1H3;;;;;;/q;;;;;;;;;;;;;;;;;;6*-1;;;;;;. The van der Waals surface area contributed by atoms with Crippen LogP contribution >= 0.6 is 0 Å². The maximum Gasteiger partial charge on any atom is 0.0483 e. The van der Waals surface area contributed by atoms with Gasteiger partial charge in [0.15, 0.2) is 0 Å². The summed E-state index contributed by atoms with van der Waals surface area (Å²) >= 11 is 0. The van der Waals surface area contributed by atoms with Gasteiger partial charge in [0.2, 0.25) is 0 Å². The Balaban J connectivity index is -0.0000000121. The Kier molecular flexibility index (Phi) is 770. The molecule has 24 heteroatoms. The molecule has 0 heterocycles. The Morgan fingerprint density at radius 2 is 0.284 bits per heavy atom. The van der Waals surface area contributed by atoms with Crippen LogP contribution in [0.15, 0.2) is 0 Å². The van der Waals surface area contributed by atoms with Gasteiger partial charge < -0.3 is 136 Å². The summed E-state index contributed by atoms with van der Waals surface area (Å²) in [5, 5.41) is 140. The van der Waals surface area contributed by atoms with E-state index < -0.39 is 0 Å². The van der Waals surface area contributed by atoms with Gasteiger partial charge in [-0.1, -0.05) is 102 Å². The third-order valence-electron chi connectivity index (χ3n) is 3.30. The number of rotatable bonds is 12. The predicted molar refractivity (Wildman–Crippen MR) is 337 cm³/mol. The zero-order valence-electron chi connectivity index (χ0n) is 59.4. The van der Waals surface area contributed by atoms with Crippen molar-refractivity contribution in [2.75, 3.05) is 101 Å². The molecule has 0 aliphatic rings. The van der Waals surface area contributed by atoms with Crippen LogP contribution in [-0.4, -0.2) is 211 Å². The number of hydrogen-bond donors (Lipinski definition) is 18. The van der Waals surface area contributed by atoms with Gasteiger partial charge in [0, 0.05) is 249 Å². The van der Waals surface area contributed by atoms with E-state index >= 15 is 0 Å². The molecule has 81 heavy (non-hydrogen) atoms. The number of aliphatic hydroxyl groups excluding tert-OH is 18. The van der Waals surface area contributed by atoms with Crippen molar-refractivity contribution in [2.24, 2.45) is 17.8 Å². The molecule has 0 atom stereocenters. The SMILES string of the molecule is CC(C)CO.CC(C)CO.CC(C)CO.CC(C)O.CC(C)O.CC(C)O.CCCCO.CCCCO.CCCCO.CCCO.CCCO.CCCO.CCO.CCO.CCO.CO.CO.CO.[CH3-].[CH3-].[CH3-].[CH3-].[CH3-].[CH3-].[Ti].[Ti].[Ti].[Ti].[Ti].[Ti]. The van der Waals surface area contributed by atoms with Gasteiger partial charge in [-0.15, -0.1) is 0 Å². The first-order chi connectivity index (χ1) is 32.2. The second kappa shape index (κ2) is 314. The van der Waals surface area contributed by atoms with E-state index in [1.165, 1.54) is 0 Å². The fourth-order valence-corrected chi connectivity index (χ4v) is 0.474. The summed E-state index contributed by atoms with van der Waals surface area (Å²) in [5.74, 6) is 1.32. The minimum atomic E-state index is -0.167. The van der Waals surface area contributed by atoms with Crippen molar-refractivity contribution in [1.29, 1.82) is 0 Å². The summed E-state index contributed by atoms with van der Waals surface area (Å²) in [6.45, 7) is 42.8. The second-order valence-corrected chi connectivity index (χ2v) is 14.4. The maximum absolute atomic E-state index is 8.14. The van der Waals surface area contributed by atoms with E-state index in [1.54, 1.807) is 62.3 Å². The van der Waals surface area contributed by atoms with Crippen LogP contribution in [-0.2, 0) is 130 Å². The van der Waals surface area contributed by atoms with Crippen molar-refractivity contribution >= 4 is 0 Å². The van der Waals surface area contributed by atoms with Gasteiger partial charge in [-0.3, -0.25) is 0 Å². The molecule has 0 aliphatic heterocycles. The Labute approximate surface area is 601 Å². The Hall–Kier alpha value is 3.57. The van der Waals surface area contributed by atoms with Crippen LogP contribution in [0.4, 0.5) is 0 Å². The average Bonchev–Trinajstić information content (AvgIpc) is 3.30. The fraction of sp³-hybridized carbons (Fsp3) is 0.895. The molecule has 18 nitrogen and oxygen atoms in total. The Morgan fingerprint density at radius 3 is 0.284 bits per heavy atom. The first kappa shape index (κ1) is 198. The fourth-order valence-electron chi connectivity index (χ4n) is 0.474. The molecule has 0 spiro atoms. The smallest absolute Gasteiger partial charge is 0.0483 e. The van der Waals surface area contributed by atoms with Gasteiger partial charge in [-0.2, -0.15) is 0 Å². The summed E-state index contributed by atoms with van der Waals surface area (Å²) in [6.07, 6.45) is 8.24. The topological polar surface area (TPSA) is 364 Å². The van der Waals surface area contributed by atoms with E-state index in [0.29, 0.717) is 77.2 Å². The molecule has 0 aliphatic carbocycles. The van der Waals surface area contributed by atoms with Crippen molar-refractivity contribution in [3.63, 3.8) is 0 Å². The molecule has 0 unspecified atom stereocenters. The first-order valence-electron chi connectivity index (χ1n) is 24.9. The summed E-state index contributed by atoms with van der Waals surface area (Å²) in [4.78, 5) is 0. The van der Waals surface area contributed by atoms with E-state index in [0.717, 1.165) is 79.1 Å². The number of aliphatic hydroxyl groups is 18. The maximum atomic E-state index is 8.14. The van der Waals surface area contributed by atoms with Gasteiger partial charge in [0.25, 0.3) is 0 Å². The van der Waals surface area contributed by atoms with E-state index in [4.69, 9.17) is 91.9 Å². The molecular formula is C57H156O18Ti6-6. The molecule has 0 rings (SSSR count). The van der Waals surface area contributed by atoms with Crippen LogP contribution in [0.2, 0.25) is 0 Å². The molecule has 0 aromatic heterocycles. The second-order valence-electron chi connectivity index (χ2n) is 14.4. The largest absolute Gasteiger partial charge is 0.400 e. The summed E-state index contributed by atoms with van der Waals surface area (Å²) in [5.41, 5.74) is 0. The van der Waals surface area contributed by atoms with Gasteiger partial charge in [-0.25, -0.2) is 0 Å². The van der Waals surface area contributed by atoms with E-state index in [-0.39, 0.29) is 213 Å². The van der Waals surface area contributed by atoms with Crippen molar-refractivity contribution < 1.29 is 222 Å². The Bertz CT molecular complexity index is 409. The van der Waals surface area contributed by atoms with Gasteiger partial charge >= 0.3 is 0 Å². The van der Waals surface area contributed by atoms with Crippen molar-refractivity contribution in [1.82, 2.24) is 0 Å². The summed E-state index contributed by atoms with van der Waals surface area (Å²) in [6, 6.07) is 0. The normalized spacial score (nSPS) is 6.67. The van der Waals surface area contributed by atoms with E-state index in [2.05, 4.69) is 20.8 Å². The molecule has 0 saturated carbocycles. The van der Waals surface area contributed by atoms with Crippen molar-refractivity contribution in [3.8, 4) is 0 Å². The monoisotopic (exact) mass is 1420 g/mol. The van der Waals surface area contributed by atoms with Crippen LogP contribution in [0.25, 0.3) is 0 Å². The molecule has 0 bridgehead atoms. The molecule has 18 N–H and O–H groups in total. The van der Waals surface area contributed by atoms with Gasteiger partial charge in [0.05, 0.1) is 0 Å². The van der Waals surface area contributed by atoms with Crippen molar-refractivity contribution in [2.45, 2.75) is 221 Å². The van der Waals surface area contributed by atoms with E-state index in [1.807, 2.05) is 62.3 Å². The van der Waals surface area contributed by atoms with Crippen LogP contribution in [0.5, 0.6) is 0 Å². The number of hydrogen-bond acceptors (Lipinski definition) is 18. The Morgan fingerprint density at radius 1 is 0.222 bits per heavy atom. The third-order valence-corrected chi connectivity index (χ3v) is 3.30. The minimum absolute atomic E-state index is 0. The van der Waals surface area contributed by atoms with Crippen molar-refractivity contribution in [3.05, 3.63) is 44.6 Å². The molecule has 0 aromatic rings. The predicted octanol–water partition coefficient (Wildman–Crippen LogP) is 8.08. The molecule has 522 valence electrons. The van der Waals surface area contributed by atoms with E-state index in [9.17, 15) is 0 Å². The first-order valence-corrected chi connectivity index (χ1v) is 24.9. The van der Waals surface area contributed by atoms with Gasteiger partial charge in [0.1, 0.15) is 0 Å². The molecule has 0 radical (unpaired) electrons. The minimum Gasteiger partial charge on any atom is -0.400 e. The van der Waals surface area contributed by atoms with Crippen LogP contribution in [0.1, 0.15) is 203 Å². The molecule has 0 saturated heterocycles. The van der Waals surface area contributed by atoms with Crippen LogP contribution in [0.3, 0.4) is 0 Å². The molecule has 0 fully saturated rings. The quantitative estimate of drug-likeness (QED) is 0.0648.